The molecule has 110 valence electrons. The normalized spacial score (nSPS) is 13.3. The zero-order valence-corrected chi connectivity index (χ0v) is 11.5. The number of carboxylic acids is 1. The molecule has 1 rings (SSSR count). The Kier molecular flexibility index (Phi) is 5.52. The van der Waals surface area contributed by atoms with Crippen LogP contribution in [0.5, 0.6) is 5.75 Å². The maximum absolute atomic E-state index is 11.2. The van der Waals surface area contributed by atoms with E-state index >= 15 is 0 Å². The van der Waals surface area contributed by atoms with Gasteiger partial charge in [-0.25, -0.2) is 4.79 Å². The molecule has 6 nitrogen and oxygen atoms in total. The fourth-order valence-corrected chi connectivity index (χ4v) is 1.57. The first-order chi connectivity index (χ1) is 9.35. The lowest BCUT2D eigenvalue weighted by atomic mass is 9.97. The first kappa shape index (κ1) is 16.0. The van der Waals surface area contributed by atoms with E-state index in [0.29, 0.717) is 17.9 Å². The molecule has 20 heavy (non-hydrogen) atoms. The van der Waals surface area contributed by atoms with Gasteiger partial charge < -0.3 is 20.3 Å². The van der Waals surface area contributed by atoms with E-state index in [4.69, 9.17) is 9.84 Å². The van der Waals surface area contributed by atoms with Gasteiger partial charge in [-0.05, 0) is 31.5 Å². The zero-order chi connectivity index (χ0) is 15.2. The molecule has 0 aliphatic heterocycles. The van der Waals surface area contributed by atoms with Crippen LogP contribution in [0.2, 0.25) is 0 Å². The standard InChI is InChI=1S/C14H19NO5/c1-3-15-12(16)9-20-11-6-4-10(5-7-11)8-14(2,19)13(17)18/h4-7,19H,3,8-9H2,1-2H3,(H,15,16)(H,17,18). The fraction of sp³-hybridized carbons (Fsp3) is 0.429. The molecule has 0 heterocycles. The molecular weight excluding hydrogens is 262 g/mol. The summed E-state index contributed by atoms with van der Waals surface area (Å²) in [7, 11) is 0. The average molecular weight is 281 g/mol. The lowest BCUT2D eigenvalue weighted by Crippen LogP contribution is -2.37. The van der Waals surface area contributed by atoms with Gasteiger partial charge in [-0.3, -0.25) is 4.79 Å². The minimum absolute atomic E-state index is 0.00106. The smallest absolute Gasteiger partial charge is 0.335 e. The van der Waals surface area contributed by atoms with E-state index in [2.05, 4.69) is 5.32 Å². The summed E-state index contributed by atoms with van der Waals surface area (Å²) in [6.07, 6.45) is -0.00106. The van der Waals surface area contributed by atoms with E-state index in [1.807, 2.05) is 6.92 Å². The van der Waals surface area contributed by atoms with Crippen molar-refractivity contribution in [2.45, 2.75) is 25.9 Å². The van der Waals surface area contributed by atoms with Crippen LogP contribution in [0.1, 0.15) is 19.4 Å². The van der Waals surface area contributed by atoms with Gasteiger partial charge in [-0.1, -0.05) is 12.1 Å². The predicted octanol–water partition coefficient (Wildman–Crippen LogP) is 0.580. The maximum Gasteiger partial charge on any atom is 0.335 e. The van der Waals surface area contributed by atoms with Crippen molar-refractivity contribution < 1.29 is 24.5 Å². The highest BCUT2D eigenvalue weighted by molar-refractivity contribution is 5.77. The number of aliphatic carboxylic acids is 1. The number of nitrogens with one attached hydrogen (secondary N) is 1. The van der Waals surface area contributed by atoms with Crippen LogP contribution in [0, 0.1) is 0 Å². The molecule has 0 spiro atoms. The number of carboxylic acid groups (broad SMARTS) is 1. The molecule has 0 aliphatic carbocycles. The third-order valence-electron chi connectivity index (χ3n) is 2.68. The Bertz CT molecular complexity index is 467. The molecule has 1 aromatic rings. The number of likely N-dealkylation sites (N-methyl/N-ethyl adjacent to an activating group) is 1. The van der Waals surface area contributed by atoms with E-state index in [1.165, 1.54) is 6.92 Å². The molecule has 6 heteroatoms. The van der Waals surface area contributed by atoms with Crippen molar-refractivity contribution in [3.8, 4) is 5.75 Å². The van der Waals surface area contributed by atoms with Gasteiger partial charge in [0.1, 0.15) is 5.75 Å². The highest BCUT2D eigenvalue weighted by atomic mass is 16.5. The van der Waals surface area contributed by atoms with Crippen LogP contribution in [0.3, 0.4) is 0 Å². The summed E-state index contributed by atoms with van der Waals surface area (Å²) in [5.41, 5.74) is -1.13. The molecule has 0 radical (unpaired) electrons. The van der Waals surface area contributed by atoms with Gasteiger partial charge in [0.25, 0.3) is 5.91 Å². The second kappa shape index (κ2) is 6.91. The number of carbonyl (C=O) groups excluding carboxylic acids is 1. The first-order valence-corrected chi connectivity index (χ1v) is 6.29. The molecule has 0 fully saturated rings. The van der Waals surface area contributed by atoms with Crippen molar-refractivity contribution in [1.29, 1.82) is 0 Å². The second-order valence-electron chi connectivity index (χ2n) is 4.64. The molecule has 1 aromatic carbocycles. The molecule has 1 amide bonds. The summed E-state index contributed by atoms with van der Waals surface area (Å²) in [6, 6.07) is 6.58. The van der Waals surface area contributed by atoms with E-state index in [0.717, 1.165) is 0 Å². The average Bonchev–Trinajstić information content (AvgIpc) is 2.38. The summed E-state index contributed by atoms with van der Waals surface area (Å²) < 4.78 is 5.26. The SMILES string of the molecule is CCNC(=O)COc1ccc(CC(C)(O)C(=O)O)cc1. The monoisotopic (exact) mass is 281 g/mol. The Labute approximate surface area is 117 Å². The first-order valence-electron chi connectivity index (χ1n) is 6.29. The molecular formula is C14H19NO5. The van der Waals surface area contributed by atoms with Crippen LogP contribution in [0.4, 0.5) is 0 Å². The minimum atomic E-state index is -1.80. The highest BCUT2D eigenvalue weighted by Gasteiger charge is 2.29. The van der Waals surface area contributed by atoms with Gasteiger partial charge in [0, 0.05) is 13.0 Å². The van der Waals surface area contributed by atoms with E-state index < -0.39 is 11.6 Å². The number of ether oxygens (including phenoxy) is 1. The maximum atomic E-state index is 11.2. The molecule has 0 aliphatic rings. The summed E-state index contributed by atoms with van der Waals surface area (Å²) in [4.78, 5) is 22.0. The largest absolute Gasteiger partial charge is 0.484 e. The highest BCUT2D eigenvalue weighted by Crippen LogP contribution is 2.17. The van der Waals surface area contributed by atoms with Crippen LogP contribution in [0.15, 0.2) is 24.3 Å². The van der Waals surface area contributed by atoms with Crippen LogP contribution in [0.25, 0.3) is 0 Å². The Morgan fingerprint density at radius 1 is 1.30 bits per heavy atom. The van der Waals surface area contributed by atoms with E-state index in [1.54, 1.807) is 24.3 Å². The van der Waals surface area contributed by atoms with E-state index in [-0.39, 0.29) is 18.9 Å². The predicted molar refractivity (Wildman–Crippen MR) is 72.6 cm³/mol. The Hall–Kier alpha value is -2.08. The summed E-state index contributed by atoms with van der Waals surface area (Å²) in [5, 5.41) is 21.1. The number of rotatable bonds is 7. The van der Waals surface area contributed by atoms with Crippen molar-refractivity contribution in [2.75, 3.05) is 13.2 Å². The summed E-state index contributed by atoms with van der Waals surface area (Å²) in [6.45, 7) is 3.54. The van der Waals surface area contributed by atoms with Gasteiger partial charge in [0.05, 0.1) is 0 Å². The van der Waals surface area contributed by atoms with Crippen molar-refractivity contribution in [3.63, 3.8) is 0 Å². The van der Waals surface area contributed by atoms with Crippen LogP contribution < -0.4 is 10.1 Å². The van der Waals surface area contributed by atoms with Crippen molar-refractivity contribution in [3.05, 3.63) is 29.8 Å². The van der Waals surface area contributed by atoms with Gasteiger partial charge >= 0.3 is 5.97 Å². The Morgan fingerprint density at radius 2 is 1.90 bits per heavy atom. The molecule has 0 bridgehead atoms. The number of aliphatic hydroxyl groups is 1. The van der Waals surface area contributed by atoms with Gasteiger partial charge in [0.15, 0.2) is 12.2 Å². The van der Waals surface area contributed by atoms with E-state index in [9.17, 15) is 14.7 Å². The van der Waals surface area contributed by atoms with Gasteiger partial charge in [-0.15, -0.1) is 0 Å². The Balaban J connectivity index is 2.56. The molecule has 3 N–H and O–H groups in total. The van der Waals surface area contributed by atoms with Crippen LogP contribution in [-0.4, -0.2) is 40.8 Å². The van der Waals surface area contributed by atoms with Crippen molar-refractivity contribution >= 4 is 11.9 Å². The third kappa shape index (κ3) is 4.89. The number of hydrogen-bond donors (Lipinski definition) is 3. The lowest BCUT2D eigenvalue weighted by Gasteiger charge is -2.17. The third-order valence-corrected chi connectivity index (χ3v) is 2.68. The van der Waals surface area contributed by atoms with Crippen LogP contribution in [-0.2, 0) is 16.0 Å². The molecule has 0 saturated heterocycles. The lowest BCUT2D eigenvalue weighted by molar-refractivity contribution is -0.156. The molecule has 1 atom stereocenters. The molecule has 0 saturated carbocycles. The van der Waals surface area contributed by atoms with Crippen molar-refractivity contribution in [2.24, 2.45) is 0 Å². The zero-order valence-electron chi connectivity index (χ0n) is 11.5. The number of carbonyl (C=O) groups is 2. The number of benzene rings is 1. The molecule has 1 unspecified atom stereocenters. The second-order valence-corrected chi connectivity index (χ2v) is 4.64. The Morgan fingerprint density at radius 3 is 2.40 bits per heavy atom. The van der Waals surface area contributed by atoms with Gasteiger partial charge in [0.2, 0.25) is 0 Å². The minimum Gasteiger partial charge on any atom is -0.484 e. The summed E-state index contributed by atoms with van der Waals surface area (Å²) in [5.74, 6) is -0.963. The topological polar surface area (TPSA) is 95.9 Å². The summed E-state index contributed by atoms with van der Waals surface area (Å²) >= 11 is 0. The van der Waals surface area contributed by atoms with Gasteiger partial charge in [-0.2, -0.15) is 0 Å². The van der Waals surface area contributed by atoms with Crippen LogP contribution >= 0.6 is 0 Å². The number of hydrogen-bond acceptors (Lipinski definition) is 4. The molecule has 0 aromatic heterocycles. The fourth-order valence-electron chi connectivity index (χ4n) is 1.57. The number of amides is 1. The quantitative estimate of drug-likeness (QED) is 0.679. The van der Waals surface area contributed by atoms with Crippen molar-refractivity contribution in [1.82, 2.24) is 5.32 Å².